The Morgan fingerprint density at radius 3 is 2.65 bits per heavy atom. The molecule has 0 aromatic heterocycles. The SMILES string of the molecule is COc1cccc([C@]2(C)NC(=O)N(CCOc3ccccc3F)C2=O)c1. The van der Waals surface area contributed by atoms with Crippen molar-refractivity contribution in [2.24, 2.45) is 0 Å². The summed E-state index contributed by atoms with van der Waals surface area (Å²) in [6, 6.07) is 12.4. The molecule has 7 heteroatoms. The lowest BCUT2D eigenvalue weighted by atomic mass is 9.92. The molecule has 1 atom stereocenters. The molecule has 6 nitrogen and oxygen atoms in total. The number of carbonyl (C=O) groups is 2. The monoisotopic (exact) mass is 358 g/mol. The third kappa shape index (κ3) is 3.20. The van der Waals surface area contributed by atoms with Crippen molar-refractivity contribution in [3.63, 3.8) is 0 Å². The lowest BCUT2D eigenvalue weighted by Crippen LogP contribution is -2.41. The van der Waals surface area contributed by atoms with Crippen LogP contribution in [0.5, 0.6) is 11.5 Å². The molecular weight excluding hydrogens is 339 g/mol. The minimum absolute atomic E-state index is 0.00567. The Bertz CT molecular complexity index is 842. The number of nitrogens with zero attached hydrogens (tertiary/aromatic N) is 1. The summed E-state index contributed by atoms with van der Waals surface area (Å²) in [4.78, 5) is 26.2. The van der Waals surface area contributed by atoms with Crippen molar-refractivity contribution in [1.82, 2.24) is 10.2 Å². The minimum Gasteiger partial charge on any atom is -0.497 e. The van der Waals surface area contributed by atoms with Crippen molar-refractivity contribution in [3.8, 4) is 11.5 Å². The number of ether oxygens (including phenoxy) is 2. The highest BCUT2D eigenvalue weighted by Gasteiger charge is 2.48. The van der Waals surface area contributed by atoms with E-state index in [0.717, 1.165) is 4.90 Å². The predicted octanol–water partition coefficient (Wildman–Crippen LogP) is 2.68. The maximum atomic E-state index is 13.6. The quantitative estimate of drug-likeness (QED) is 0.806. The van der Waals surface area contributed by atoms with Gasteiger partial charge in [-0.1, -0.05) is 24.3 Å². The van der Waals surface area contributed by atoms with E-state index in [-0.39, 0.29) is 18.9 Å². The highest BCUT2D eigenvalue weighted by atomic mass is 19.1. The fourth-order valence-electron chi connectivity index (χ4n) is 2.84. The van der Waals surface area contributed by atoms with Gasteiger partial charge in [0.25, 0.3) is 5.91 Å². The number of carbonyl (C=O) groups excluding carboxylic acids is 2. The number of halogens is 1. The lowest BCUT2D eigenvalue weighted by Gasteiger charge is -2.22. The first-order valence-corrected chi connectivity index (χ1v) is 8.11. The molecule has 2 aromatic rings. The largest absolute Gasteiger partial charge is 0.497 e. The van der Waals surface area contributed by atoms with E-state index in [4.69, 9.17) is 9.47 Å². The average Bonchev–Trinajstić information content (AvgIpc) is 2.87. The topological polar surface area (TPSA) is 67.9 Å². The molecule has 0 spiro atoms. The predicted molar refractivity (Wildman–Crippen MR) is 92.5 cm³/mol. The molecule has 1 heterocycles. The summed E-state index contributed by atoms with van der Waals surface area (Å²) < 4.78 is 24.1. The third-order valence-corrected chi connectivity index (χ3v) is 4.33. The third-order valence-electron chi connectivity index (χ3n) is 4.33. The van der Waals surface area contributed by atoms with Gasteiger partial charge in [0, 0.05) is 0 Å². The number of para-hydroxylation sites is 1. The molecule has 1 aliphatic rings. The first-order chi connectivity index (χ1) is 12.5. The van der Waals surface area contributed by atoms with Crippen LogP contribution in [0.1, 0.15) is 12.5 Å². The summed E-state index contributed by atoms with van der Waals surface area (Å²) in [5.41, 5.74) is -0.573. The summed E-state index contributed by atoms with van der Waals surface area (Å²) in [5, 5.41) is 2.71. The first kappa shape index (κ1) is 17.7. The van der Waals surface area contributed by atoms with E-state index < -0.39 is 23.3 Å². The molecule has 1 saturated heterocycles. The molecule has 1 fully saturated rings. The minimum atomic E-state index is -1.19. The van der Waals surface area contributed by atoms with Gasteiger partial charge in [0.2, 0.25) is 0 Å². The molecule has 3 amide bonds. The van der Waals surface area contributed by atoms with Gasteiger partial charge in [-0.3, -0.25) is 9.69 Å². The Morgan fingerprint density at radius 2 is 1.92 bits per heavy atom. The highest BCUT2D eigenvalue weighted by Crippen LogP contribution is 2.30. The van der Waals surface area contributed by atoms with Gasteiger partial charge in [-0.15, -0.1) is 0 Å². The Labute approximate surface area is 150 Å². The fourth-order valence-corrected chi connectivity index (χ4v) is 2.84. The molecule has 0 radical (unpaired) electrons. The summed E-state index contributed by atoms with van der Waals surface area (Å²) >= 11 is 0. The van der Waals surface area contributed by atoms with E-state index in [2.05, 4.69) is 5.32 Å². The van der Waals surface area contributed by atoms with E-state index >= 15 is 0 Å². The standard InChI is InChI=1S/C19H19FN2O4/c1-19(13-6-5-7-14(12-13)25-2)17(23)22(18(24)21-19)10-11-26-16-9-4-3-8-15(16)20/h3-9,12H,10-11H2,1-2H3,(H,21,24)/t19-/m0/s1. The zero-order chi connectivity index (χ0) is 18.7. The second-order valence-electron chi connectivity index (χ2n) is 6.02. The maximum Gasteiger partial charge on any atom is 0.325 e. The van der Waals surface area contributed by atoms with Crippen LogP contribution in [0.3, 0.4) is 0 Å². The molecule has 0 unspecified atom stereocenters. The van der Waals surface area contributed by atoms with Crippen LogP contribution in [0.2, 0.25) is 0 Å². The molecule has 3 rings (SSSR count). The van der Waals surface area contributed by atoms with Crippen LogP contribution in [-0.4, -0.2) is 37.1 Å². The van der Waals surface area contributed by atoms with Gasteiger partial charge < -0.3 is 14.8 Å². The lowest BCUT2D eigenvalue weighted by molar-refractivity contribution is -0.131. The second kappa shape index (κ2) is 7.03. The fraction of sp³-hybridized carbons (Fsp3) is 0.263. The van der Waals surface area contributed by atoms with Gasteiger partial charge in [-0.2, -0.15) is 0 Å². The Kier molecular flexibility index (Phi) is 4.79. The number of imide groups is 1. The van der Waals surface area contributed by atoms with Crippen molar-refractivity contribution in [2.45, 2.75) is 12.5 Å². The number of rotatable bonds is 6. The van der Waals surface area contributed by atoms with Crippen molar-refractivity contribution < 1.29 is 23.5 Å². The number of amides is 3. The van der Waals surface area contributed by atoms with Crippen LogP contribution in [0.25, 0.3) is 0 Å². The Balaban J connectivity index is 1.71. The number of benzene rings is 2. The van der Waals surface area contributed by atoms with Crippen molar-refractivity contribution in [2.75, 3.05) is 20.3 Å². The number of nitrogens with one attached hydrogen (secondary N) is 1. The second-order valence-corrected chi connectivity index (χ2v) is 6.02. The molecular formula is C19H19FN2O4. The van der Waals surface area contributed by atoms with Gasteiger partial charge in [0.15, 0.2) is 11.6 Å². The van der Waals surface area contributed by atoms with Crippen molar-refractivity contribution in [1.29, 1.82) is 0 Å². The molecule has 1 N–H and O–H groups in total. The number of methoxy groups -OCH3 is 1. The zero-order valence-corrected chi connectivity index (χ0v) is 14.5. The molecule has 2 aromatic carbocycles. The first-order valence-electron chi connectivity index (χ1n) is 8.11. The van der Waals surface area contributed by atoms with Gasteiger partial charge in [-0.25, -0.2) is 9.18 Å². The van der Waals surface area contributed by atoms with E-state index in [0.29, 0.717) is 11.3 Å². The van der Waals surface area contributed by atoms with Gasteiger partial charge in [-0.05, 0) is 36.8 Å². The summed E-state index contributed by atoms with van der Waals surface area (Å²) in [7, 11) is 1.53. The van der Waals surface area contributed by atoms with Crippen LogP contribution in [0, 0.1) is 5.82 Å². The van der Waals surface area contributed by atoms with E-state index in [1.54, 1.807) is 43.3 Å². The van der Waals surface area contributed by atoms with Gasteiger partial charge >= 0.3 is 6.03 Å². The smallest absolute Gasteiger partial charge is 0.325 e. The molecule has 0 bridgehead atoms. The Hall–Kier alpha value is -3.09. The van der Waals surface area contributed by atoms with Crippen LogP contribution in [-0.2, 0) is 10.3 Å². The number of hydrogen-bond acceptors (Lipinski definition) is 4. The van der Waals surface area contributed by atoms with Gasteiger partial charge in [0.1, 0.15) is 17.9 Å². The number of hydrogen-bond donors (Lipinski definition) is 1. The van der Waals surface area contributed by atoms with E-state index in [9.17, 15) is 14.0 Å². The van der Waals surface area contributed by atoms with Crippen LogP contribution in [0.4, 0.5) is 9.18 Å². The average molecular weight is 358 g/mol. The van der Waals surface area contributed by atoms with Crippen molar-refractivity contribution >= 4 is 11.9 Å². The summed E-state index contributed by atoms with van der Waals surface area (Å²) in [6.07, 6.45) is 0. The summed E-state index contributed by atoms with van der Waals surface area (Å²) in [5.74, 6) is -0.221. The molecule has 0 saturated carbocycles. The molecule has 1 aliphatic heterocycles. The van der Waals surface area contributed by atoms with Gasteiger partial charge in [0.05, 0.1) is 13.7 Å². The highest BCUT2D eigenvalue weighted by molar-refractivity contribution is 6.07. The van der Waals surface area contributed by atoms with Crippen LogP contribution < -0.4 is 14.8 Å². The molecule has 0 aliphatic carbocycles. The van der Waals surface area contributed by atoms with Crippen LogP contribution >= 0.6 is 0 Å². The molecule has 136 valence electrons. The summed E-state index contributed by atoms with van der Waals surface area (Å²) in [6.45, 7) is 1.65. The van der Waals surface area contributed by atoms with Crippen molar-refractivity contribution in [3.05, 3.63) is 59.9 Å². The maximum absolute atomic E-state index is 13.6. The normalized spacial score (nSPS) is 19.4. The molecule has 26 heavy (non-hydrogen) atoms. The Morgan fingerprint density at radius 1 is 1.15 bits per heavy atom. The van der Waals surface area contributed by atoms with Crippen LogP contribution in [0.15, 0.2) is 48.5 Å². The van der Waals surface area contributed by atoms with E-state index in [1.165, 1.54) is 19.2 Å². The number of urea groups is 1. The zero-order valence-electron chi connectivity index (χ0n) is 14.5. The van der Waals surface area contributed by atoms with E-state index in [1.807, 2.05) is 0 Å².